The summed E-state index contributed by atoms with van der Waals surface area (Å²) in [6, 6.07) is 12.1. The molecule has 0 saturated carbocycles. The average Bonchev–Trinajstić information content (AvgIpc) is 2.47. The summed E-state index contributed by atoms with van der Waals surface area (Å²) in [5.74, 6) is 2.06. The molecule has 2 heterocycles. The fourth-order valence-corrected chi connectivity index (χ4v) is 1.83. The Labute approximate surface area is 105 Å². The van der Waals surface area contributed by atoms with Gasteiger partial charge in [-0.2, -0.15) is 0 Å². The number of hydrogen-bond donors (Lipinski definition) is 0. The van der Waals surface area contributed by atoms with Crippen molar-refractivity contribution in [1.82, 2.24) is 4.98 Å². The third kappa shape index (κ3) is 1.97. The number of nitrogens with zero attached hydrogens (tertiary/aromatic N) is 1. The first kappa shape index (κ1) is 10.9. The molecule has 0 amide bonds. The standard InChI is InChI=1S/C14H12NO3/c1-16-14-7-6-10(8-15-14)13-9-17-11-4-2-3-5-12(11)18-13/h3-8,13H,9H2,1H3. The molecule has 1 atom stereocenters. The molecule has 0 bridgehead atoms. The molecule has 18 heavy (non-hydrogen) atoms. The third-order valence-electron chi connectivity index (χ3n) is 2.79. The van der Waals surface area contributed by atoms with E-state index >= 15 is 0 Å². The lowest BCUT2D eigenvalue weighted by Gasteiger charge is -2.26. The highest BCUT2D eigenvalue weighted by Crippen LogP contribution is 2.35. The summed E-state index contributed by atoms with van der Waals surface area (Å²) in [6.45, 7) is 0.471. The van der Waals surface area contributed by atoms with Gasteiger partial charge in [-0.15, -0.1) is 0 Å². The molecule has 4 nitrogen and oxygen atoms in total. The molecule has 0 saturated heterocycles. The number of ether oxygens (including phenoxy) is 3. The molecular formula is C14H12NO3. The second-order valence-electron chi connectivity index (χ2n) is 3.92. The monoisotopic (exact) mass is 242 g/mol. The maximum atomic E-state index is 5.87. The van der Waals surface area contributed by atoms with Gasteiger partial charge in [-0.25, -0.2) is 4.98 Å². The van der Waals surface area contributed by atoms with E-state index in [1.54, 1.807) is 25.4 Å². The minimum Gasteiger partial charge on any atom is -0.485 e. The van der Waals surface area contributed by atoms with Gasteiger partial charge in [0.15, 0.2) is 17.6 Å². The van der Waals surface area contributed by atoms with Crippen LogP contribution in [0.15, 0.2) is 36.5 Å². The Morgan fingerprint density at radius 1 is 1.33 bits per heavy atom. The summed E-state index contributed by atoms with van der Waals surface area (Å²) in [5, 5.41) is 0. The zero-order valence-electron chi connectivity index (χ0n) is 9.92. The first-order valence-electron chi connectivity index (χ1n) is 5.66. The van der Waals surface area contributed by atoms with E-state index in [2.05, 4.69) is 11.1 Å². The maximum Gasteiger partial charge on any atom is 0.212 e. The molecule has 0 spiro atoms. The number of hydrogen-bond acceptors (Lipinski definition) is 4. The predicted molar refractivity (Wildman–Crippen MR) is 64.9 cm³/mol. The van der Waals surface area contributed by atoms with Gasteiger partial charge in [-0.05, 0) is 24.3 Å². The molecule has 0 aliphatic carbocycles. The Morgan fingerprint density at radius 2 is 2.28 bits per heavy atom. The predicted octanol–water partition coefficient (Wildman–Crippen LogP) is 2.40. The van der Waals surface area contributed by atoms with Crippen molar-refractivity contribution in [3.8, 4) is 17.4 Å². The minimum atomic E-state index is -0.140. The second kappa shape index (κ2) is 4.56. The van der Waals surface area contributed by atoms with Gasteiger partial charge >= 0.3 is 0 Å². The van der Waals surface area contributed by atoms with Crippen LogP contribution in [0.1, 0.15) is 11.7 Å². The molecule has 1 aliphatic heterocycles. The maximum absolute atomic E-state index is 5.87. The number of fused-ring (bicyclic) bond motifs is 1. The van der Waals surface area contributed by atoms with Crippen LogP contribution in [0.2, 0.25) is 0 Å². The van der Waals surface area contributed by atoms with Crippen molar-refractivity contribution >= 4 is 0 Å². The number of methoxy groups -OCH3 is 1. The van der Waals surface area contributed by atoms with E-state index in [-0.39, 0.29) is 6.10 Å². The Balaban J connectivity index is 1.82. The minimum absolute atomic E-state index is 0.140. The summed E-state index contributed by atoms with van der Waals surface area (Å²) in [6.07, 6.45) is 1.60. The normalized spacial score (nSPS) is 17.3. The van der Waals surface area contributed by atoms with Gasteiger partial charge in [0.1, 0.15) is 6.61 Å². The number of rotatable bonds is 2. The molecule has 1 aromatic heterocycles. The van der Waals surface area contributed by atoms with E-state index < -0.39 is 0 Å². The van der Waals surface area contributed by atoms with Crippen LogP contribution in [0.5, 0.6) is 17.4 Å². The molecule has 1 radical (unpaired) electrons. The molecule has 1 aromatic carbocycles. The molecule has 0 N–H and O–H groups in total. The molecule has 3 rings (SSSR count). The van der Waals surface area contributed by atoms with Crippen molar-refractivity contribution in [2.45, 2.75) is 6.10 Å². The smallest absolute Gasteiger partial charge is 0.212 e. The van der Waals surface area contributed by atoms with Crippen LogP contribution in [0.4, 0.5) is 0 Å². The van der Waals surface area contributed by atoms with Crippen LogP contribution in [-0.2, 0) is 0 Å². The van der Waals surface area contributed by atoms with Gasteiger partial charge in [0.05, 0.1) is 7.11 Å². The van der Waals surface area contributed by atoms with Gasteiger partial charge in [-0.1, -0.05) is 6.07 Å². The van der Waals surface area contributed by atoms with Crippen LogP contribution < -0.4 is 14.2 Å². The van der Waals surface area contributed by atoms with E-state index in [1.807, 2.05) is 18.2 Å². The Morgan fingerprint density at radius 3 is 3.06 bits per heavy atom. The fraction of sp³-hybridized carbons (Fsp3) is 0.214. The third-order valence-corrected chi connectivity index (χ3v) is 2.79. The quantitative estimate of drug-likeness (QED) is 0.810. The van der Waals surface area contributed by atoms with E-state index in [9.17, 15) is 0 Å². The van der Waals surface area contributed by atoms with Crippen LogP contribution in [0.25, 0.3) is 0 Å². The number of benzene rings is 1. The van der Waals surface area contributed by atoms with Crippen molar-refractivity contribution in [2.24, 2.45) is 0 Å². The summed E-state index contributed by atoms with van der Waals surface area (Å²) in [5.41, 5.74) is 0.967. The highest BCUT2D eigenvalue weighted by molar-refractivity contribution is 5.41. The van der Waals surface area contributed by atoms with Crippen LogP contribution in [0, 0.1) is 6.07 Å². The number of aromatic nitrogens is 1. The topological polar surface area (TPSA) is 40.6 Å². The zero-order valence-corrected chi connectivity index (χ0v) is 9.92. The summed E-state index contributed by atoms with van der Waals surface area (Å²) in [7, 11) is 1.59. The highest BCUT2D eigenvalue weighted by Gasteiger charge is 2.22. The zero-order chi connectivity index (χ0) is 12.4. The number of pyridine rings is 1. The van der Waals surface area contributed by atoms with Crippen molar-refractivity contribution in [2.75, 3.05) is 13.7 Å². The van der Waals surface area contributed by atoms with Crippen LogP contribution in [-0.4, -0.2) is 18.7 Å². The van der Waals surface area contributed by atoms with Gasteiger partial charge in [0.25, 0.3) is 0 Å². The van der Waals surface area contributed by atoms with Crippen molar-refractivity contribution in [3.05, 3.63) is 48.2 Å². The first-order chi connectivity index (χ1) is 8.86. The van der Waals surface area contributed by atoms with E-state index in [1.165, 1.54) is 0 Å². The Hall–Kier alpha value is -2.23. The summed E-state index contributed by atoms with van der Waals surface area (Å²) < 4.78 is 16.5. The molecule has 0 fully saturated rings. The van der Waals surface area contributed by atoms with E-state index in [0.29, 0.717) is 12.5 Å². The van der Waals surface area contributed by atoms with Crippen molar-refractivity contribution < 1.29 is 14.2 Å². The van der Waals surface area contributed by atoms with Crippen LogP contribution in [0.3, 0.4) is 0 Å². The van der Waals surface area contributed by atoms with E-state index in [0.717, 1.165) is 17.1 Å². The lowest BCUT2D eigenvalue weighted by molar-refractivity contribution is 0.0909. The first-order valence-corrected chi connectivity index (χ1v) is 5.66. The Bertz CT molecular complexity index is 539. The van der Waals surface area contributed by atoms with Crippen molar-refractivity contribution in [3.63, 3.8) is 0 Å². The Kier molecular flexibility index (Phi) is 2.76. The van der Waals surface area contributed by atoms with Crippen molar-refractivity contribution in [1.29, 1.82) is 0 Å². The largest absolute Gasteiger partial charge is 0.485 e. The SMILES string of the molecule is COc1ccc(C2COc3c[c]ccc3O2)cn1. The molecular weight excluding hydrogens is 230 g/mol. The van der Waals surface area contributed by atoms with Gasteiger partial charge in [0.2, 0.25) is 5.88 Å². The van der Waals surface area contributed by atoms with Gasteiger partial charge in [0, 0.05) is 17.8 Å². The second-order valence-corrected chi connectivity index (χ2v) is 3.92. The molecule has 4 heteroatoms. The fourth-order valence-electron chi connectivity index (χ4n) is 1.83. The van der Waals surface area contributed by atoms with E-state index in [4.69, 9.17) is 14.2 Å². The lowest BCUT2D eigenvalue weighted by atomic mass is 10.1. The van der Waals surface area contributed by atoms with Gasteiger partial charge in [-0.3, -0.25) is 0 Å². The molecule has 2 aromatic rings. The van der Waals surface area contributed by atoms with Gasteiger partial charge < -0.3 is 14.2 Å². The summed E-state index contributed by atoms with van der Waals surface area (Å²) in [4.78, 5) is 4.16. The average molecular weight is 242 g/mol. The summed E-state index contributed by atoms with van der Waals surface area (Å²) >= 11 is 0. The highest BCUT2D eigenvalue weighted by atomic mass is 16.6. The van der Waals surface area contributed by atoms with Crippen LogP contribution >= 0.6 is 0 Å². The molecule has 91 valence electrons. The lowest BCUT2D eigenvalue weighted by Crippen LogP contribution is -2.21. The molecule has 1 unspecified atom stereocenters. The molecule has 1 aliphatic rings.